The molecule has 0 unspecified atom stereocenters. The maximum absolute atomic E-state index is 12.8. The lowest BCUT2D eigenvalue weighted by atomic mass is 10.1. The van der Waals surface area contributed by atoms with Gasteiger partial charge in [-0.1, -0.05) is 52.0 Å². The molecule has 3 rings (SSSR count). The number of halogens is 1. The predicted molar refractivity (Wildman–Crippen MR) is 102 cm³/mol. The van der Waals surface area contributed by atoms with Crippen LogP contribution in [0, 0.1) is 10.1 Å². The second-order valence-corrected chi connectivity index (χ2v) is 7.17. The topological polar surface area (TPSA) is 75.8 Å². The average molecular weight is 420 g/mol. The molecule has 0 aromatic heterocycles. The van der Waals surface area contributed by atoms with Crippen molar-refractivity contribution >= 4 is 44.5 Å². The Morgan fingerprint density at radius 2 is 1.96 bits per heavy atom. The van der Waals surface area contributed by atoms with Crippen LogP contribution in [0.2, 0.25) is 0 Å². The molecule has 0 N–H and O–H groups in total. The first-order chi connectivity index (χ1) is 12.1. The molecule has 1 amide bonds. The smallest absolute Gasteiger partial charge is 0.282 e. The highest BCUT2D eigenvalue weighted by atomic mass is 79.9. The summed E-state index contributed by atoms with van der Waals surface area (Å²) in [5.74, 6) is 0.291. The van der Waals surface area contributed by atoms with Crippen LogP contribution in [0.3, 0.4) is 0 Å². The quantitative estimate of drug-likeness (QED) is 0.551. The van der Waals surface area contributed by atoms with Crippen LogP contribution in [0.15, 0.2) is 58.0 Å². The Hall–Kier alpha value is -2.19. The second kappa shape index (κ2) is 7.79. The van der Waals surface area contributed by atoms with E-state index in [1.54, 1.807) is 12.1 Å². The molecule has 1 aliphatic rings. The van der Waals surface area contributed by atoms with Crippen LogP contribution >= 0.6 is 27.7 Å². The van der Waals surface area contributed by atoms with Crippen LogP contribution in [0.25, 0.3) is 0 Å². The molecule has 128 valence electrons. The highest BCUT2D eigenvalue weighted by molar-refractivity contribution is 9.10. The molecule has 0 atom stereocenters. The summed E-state index contributed by atoms with van der Waals surface area (Å²) < 4.78 is 1.01. The van der Waals surface area contributed by atoms with E-state index >= 15 is 0 Å². The number of carbonyl (C=O) groups excluding carboxylic acids is 1. The fourth-order valence-electron chi connectivity index (χ4n) is 2.43. The van der Waals surface area contributed by atoms with E-state index in [4.69, 9.17) is 0 Å². The number of amidine groups is 1. The van der Waals surface area contributed by atoms with Crippen molar-refractivity contribution in [2.75, 3.05) is 13.1 Å². The van der Waals surface area contributed by atoms with Crippen LogP contribution in [0.5, 0.6) is 0 Å². The van der Waals surface area contributed by atoms with Gasteiger partial charge < -0.3 is 0 Å². The fourth-order valence-corrected chi connectivity index (χ4v) is 3.69. The van der Waals surface area contributed by atoms with E-state index in [0.29, 0.717) is 24.0 Å². The molecule has 6 nitrogen and oxygen atoms in total. The SMILES string of the molecule is O=C(c1ccccc1[N+](=O)[O-])N1CCN=C1SCc1ccc(Br)cc1. The van der Waals surface area contributed by atoms with E-state index in [1.807, 2.05) is 24.3 Å². The Balaban J connectivity index is 1.74. The van der Waals surface area contributed by atoms with E-state index in [0.717, 1.165) is 10.0 Å². The number of aliphatic imine (C=N–C) groups is 1. The minimum atomic E-state index is -0.533. The number of hydrogen-bond acceptors (Lipinski definition) is 5. The summed E-state index contributed by atoms with van der Waals surface area (Å²) in [4.78, 5) is 29.3. The van der Waals surface area contributed by atoms with Crippen LogP contribution in [-0.2, 0) is 5.75 Å². The summed E-state index contributed by atoms with van der Waals surface area (Å²) >= 11 is 4.86. The van der Waals surface area contributed by atoms with Gasteiger partial charge in [-0.3, -0.25) is 24.8 Å². The zero-order chi connectivity index (χ0) is 17.8. The van der Waals surface area contributed by atoms with Crippen molar-refractivity contribution in [2.24, 2.45) is 4.99 Å². The maximum atomic E-state index is 12.8. The van der Waals surface area contributed by atoms with Crippen molar-refractivity contribution in [1.29, 1.82) is 0 Å². The maximum Gasteiger partial charge on any atom is 0.282 e. The molecule has 0 saturated heterocycles. The third-order valence-electron chi connectivity index (χ3n) is 3.66. The summed E-state index contributed by atoms with van der Waals surface area (Å²) in [6.07, 6.45) is 0. The summed E-state index contributed by atoms with van der Waals surface area (Å²) in [7, 11) is 0. The Morgan fingerprint density at radius 3 is 2.68 bits per heavy atom. The number of para-hydroxylation sites is 1. The molecule has 1 heterocycles. The molecular weight excluding hydrogens is 406 g/mol. The Labute approximate surface area is 157 Å². The van der Waals surface area contributed by atoms with E-state index in [-0.39, 0.29) is 17.2 Å². The van der Waals surface area contributed by atoms with Gasteiger partial charge in [0.1, 0.15) is 5.56 Å². The van der Waals surface area contributed by atoms with Gasteiger partial charge in [0.2, 0.25) is 0 Å². The van der Waals surface area contributed by atoms with Gasteiger partial charge in [0.05, 0.1) is 11.5 Å². The van der Waals surface area contributed by atoms with Gasteiger partial charge in [-0.15, -0.1) is 0 Å². The lowest BCUT2D eigenvalue weighted by molar-refractivity contribution is -0.385. The first-order valence-electron chi connectivity index (χ1n) is 7.53. The van der Waals surface area contributed by atoms with Gasteiger partial charge in [-0.25, -0.2) is 0 Å². The predicted octanol–water partition coefficient (Wildman–Crippen LogP) is 4.10. The molecule has 2 aromatic rings. The molecule has 0 fully saturated rings. The largest absolute Gasteiger partial charge is 0.285 e. The number of nitro groups is 1. The number of nitro benzene ring substituents is 1. The van der Waals surface area contributed by atoms with Crippen molar-refractivity contribution in [1.82, 2.24) is 4.90 Å². The van der Waals surface area contributed by atoms with Crippen molar-refractivity contribution in [2.45, 2.75) is 5.75 Å². The minimum Gasteiger partial charge on any atom is -0.285 e. The van der Waals surface area contributed by atoms with Gasteiger partial charge in [0.15, 0.2) is 5.17 Å². The number of amides is 1. The molecule has 0 aliphatic carbocycles. The fraction of sp³-hybridized carbons (Fsp3) is 0.176. The molecule has 25 heavy (non-hydrogen) atoms. The second-order valence-electron chi connectivity index (χ2n) is 5.31. The lowest BCUT2D eigenvalue weighted by Crippen LogP contribution is -2.33. The van der Waals surface area contributed by atoms with Gasteiger partial charge in [0, 0.05) is 22.8 Å². The van der Waals surface area contributed by atoms with Gasteiger partial charge in [-0.05, 0) is 23.8 Å². The van der Waals surface area contributed by atoms with Crippen LogP contribution in [-0.4, -0.2) is 34.0 Å². The monoisotopic (exact) mass is 419 g/mol. The molecular formula is C17H14BrN3O3S. The third kappa shape index (κ3) is 4.08. The summed E-state index contributed by atoms with van der Waals surface area (Å²) in [5, 5.41) is 11.8. The van der Waals surface area contributed by atoms with Crippen molar-refractivity contribution in [3.63, 3.8) is 0 Å². The molecule has 0 radical (unpaired) electrons. The van der Waals surface area contributed by atoms with E-state index in [1.165, 1.54) is 28.8 Å². The van der Waals surface area contributed by atoms with Gasteiger partial charge in [-0.2, -0.15) is 0 Å². The summed E-state index contributed by atoms with van der Waals surface area (Å²) in [6.45, 7) is 0.947. The Morgan fingerprint density at radius 1 is 1.24 bits per heavy atom. The number of rotatable bonds is 4. The van der Waals surface area contributed by atoms with Crippen LogP contribution in [0.1, 0.15) is 15.9 Å². The number of hydrogen-bond donors (Lipinski definition) is 0. The molecule has 0 bridgehead atoms. The number of carbonyl (C=O) groups is 1. The van der Waals surface area contributed by atoms with E-state index in [2.05, 4.69) is 20.9 Å². The lowest BCUT2D eigenvalue weighted by Gasteiger charge is -2.17. The number of nitrogens with zero attached hydrogens (tertiary/aromatic N) is 3. The highest BCUT2D eigenvalue weighted by Crippen LogP contribution is 2.25. The highest BCUT2D eigenvalue weighted by Gasteiger charge is 2.29. The van der Waals surface area contributed by atoms with E-state index in [9.17, 15) is 14.9 Å². The average Bonchev–Trinajstić information content (AvgIpc) is 3.09. The number of benzene rings is 2. The van der Waals surface area contributed by atoms with Crippen LogP contribution in [0.4, 0.5) is 5.69 Å². The van der Waals surface area contributed by atoms with Crippen molar-refractivity contribution in [3.8, 4) is 0 Å². The molecule has 2 aromatic carbocycles. The molecule has 0 saturated carbocycles. The summed E-state index contributed by atoms with van der Waals surface area (Å²) in [5.41, 5.74) is 1.02. The van der Waals surface area contributed by atoms with Gasteiger partial charge >= 0.3 is 0 Å². The Kier molecular flexibility index (Phi) is 5.50. The zero-order valence-corrected chi connectivity index (χ0v) is 15.5. The number of thioether (sulfide) groups is 1. The normalized spacial score (nSPS) is 13.6. The van der Waals surface area contributed by atoms with Crippen LogP contribution < -0.4 is 0 Å². The summed E-state index contributed by atoms with van der Waals surface area (Å²) in [6, 6.07) is 13.9. The van der Waals surface area contributed by atoms with Crippen molar-refractivity contribution < 1.29 is 9.72 Å². The van der Waals surface area contributed by atoms with Gasteiger partial charge in [0.25, 0.3) is 11.6 Å². The first kappa shape index (κ1) is 17.6. The van der Waals surface area contributed by atoms with E-state index < -0.39 is 4.92 Å². The standard InChI is InChI=1S/C17H14BrN3O3S/c18-13-7-5-12(6-8-13)11-25-17-19-9-10-20(17)16(22)14-3-1-2-4-15(14)21(23)24/h1-8H,9-11H2. The minimum absolute atomic E-state index is 0.0892. The van der Waals surface area contributed by atoms with Crippen molar-refractivity contribution in [3.05, 3.63) is 74.2 Å². The molecule has 1 aliphatic heterocycles. The Bertz CT molecular complexity index is 839. The molecule has 8 heteroatoms. The third-order valence-corrected chi connectivity index (χ3v) is 5.27. The first-order valence-corrected chi connectivity index (χ1v) is 9.31. The molecule has 0 spiro atoms. The zero-order valence-electron chi connectivity index (χ0n) is 13.1.